The average Bonchev–Trinajstić information content (AvgIpc) is 2.20. The molecular weight excluding hydrogens is 320 g/mol. The van der Waals surface area contributed by atoms with E-state index in [0.717, 1.165) is 12.2 Å². The Morgan fingerprint density at radius 2 is 1.29 bits per heavy atom. The molecule has 0 radical (unpaired) electrons. The van der Waals surface area contributed by atoms with Gasteiger partial charge in [0.2, 0.25) is 0 Å². The summed E-state index contributed by atoms with van der Waals surface area (Å²) in [6, 6.07) is 0. The molecule has 0 saturated heterocycles. The van der Waals surface area contributed by atoms with Crippen molar-refractivity contribution in [1.82, 2.24) is 0 Å². The van der Waals surface area contributed by atoms with Crippen LogP contribution in [0.5, 0.6) is 0 Å². The van der Waals surface area contributed by atoms with Crippen molar-refractivity contribution in [3.63, 3.8) is 0 Å². The summed E-state index contributed by atoms with van der Waals surface area (Å²) in [7, 11) is 0. The van der Waals surface area contributed by atoms with Crippen LogP contribution in [0.3, 0.4) is 0 Å². The lowest BCUT2D eigenvalue weighted by molar-refractivity contribution is -0.139. The fraction of sp³-hybridized carbons (Fsp3) is 0.500. The van der Waals surface area contributed by atoms with Crippen molar-refractivity contribution >= 4 is 43.8 Å². The molecule has 6 heteroatoms. The molecule has 0 heterocycles. The van der Waals surface area contributed by atoms with E-state index in [1.807, 2.05) is 0 Å². The van der Waals surface area contributed by atoms with Gasteiger partial charge >= 0.3 is 11.9 Å². The largest absolute Gasteiger partial charge is 0.462 e. The summed E-state index contributed by atoms with van der Waals surface area (Å²) >= 11 is 6.19. The van der Waals surface area contributed by atoms with Gasteiger partial charge in [0.1, 0.15) is 13.2 Å². The molecule has 4 nitrogen and oxygen atoms in total. The molecule has 0 saturated carbocycles. The molecule has 0 N–H and O–H groups in total. The third-order valence-electron chi connectivity index (χ3n) is 0.998. The van der Waals surface area contributed by atoms with E-state index in [1.54, 1.807) is 0 Å². The van der Waals surface area contributed by atoms with Crippen LogP contribution in [0.15, 0.2) is 12.2 Å². The second kappa shape index (κ2) is 9.21. The second-order valence-corrected chi connectivity index (χ2v) is 3.63. The quantitative estimate of drug-likeness (QED) is 0.420. The number of esters is 2. The minimum absolute atomic E-state index is 0.277. The van der Waals surface area contributed by atoms with E-state index in [4.69, 9.17) is 0 Å². The SMILES string of the molecule is O=C(/C=C/C(=O)OCCBr)OCCBr. The van der Waals surface area contributed by atoms with E-state index in [1.165, 1.54) is 0 Å². The molecule has 0 aromatic heterocycles. The molecule has 0 aromatic carbocycles. The van der Waals surface area contributed by atoms with Gasteiger partial charge in [-0.2, -0.15) is 0 Å². The van der Waals surface area contributed by atoms with Gasteiger partial charge in [-0.25, -0.2) is 9.59 Å². The minimum atomic E-state index is -0.555. The zero-order chi connectivity index (χ0) is 10.8. The molecule has 0 amide bonds. The highest BCUT2D eigenvalue weighted by Gasteiger charge is 1.99. The Labute approximate surface area is 98.9 Å². The number of hydrogen-bond donors (Lipinski definition) is 0. The molecule has 0 spiro atoms. The standard InChI is InChI=1S/C8H10Br2O4/c9-3-5-13-7(11)1-2-8(12)14-6-4-10/h1-2H,3-6H2/b2-1+. The summed E-state index contributed by atoms with van der Waals surface area (Å²) in [5, 5.41) is 1.14. The highest BCUT2D eigenvalue weighted by Crippen LogP contribution is 1.88. The Morgan fingerprint density at radius 3 is 1.57 bits per heavy atom. The Hall–Kier alpha value is -0.360. The number of rotatable bonds is 6. The van der Waals surface area contributed by atoms with Crippen LogP contribution in [0, 0.1) is 0 Å². The highest BCUT2D eigenvalue weighted by atomic mass is 79.9. The highest BCUT2D eigenvalue weighted by molar-refractivity contribution is 9.09. The van der Waals surface area contributed by atoms with Crippen LogP contribution >= 0.6 is 31.9 Å². The zero-order valence-electron chi connectivity index (χ0n) is 7.37. The number of alkyl halides is 2. The van der Waals surface area contributed by atoms with Crippen molar-refractivity contribution in [1.29, 1.82) is 0 Å². The molecule has 0 aliphatic carbocycles. The van der Waals surface area contributed by atoms with E-state index in [0.29, 0.717) is 10.7 Å². The number of ether oxygens (including phenoxy) is 2. The third-order valence-corrected chi connectivity index (χ3v) is 1.65. The van der Waals surface area contributed by atoms with Gasteiger partial charge in [0, 0.05) is 22.8 Å². The van der Waals surface area contributed by atoms with Gasteiger partial charge in [0.05, 0.1) is 0 Å². The van der Waals surface area contributed by atoms with Crippen LogP contribution in [0.2, 0.25) is 0 Å². The normalized spacial score (nSPS) is 10.1. The molecule has 0 aliphatic heterocycles. The van der Waals surface area contributed by atoms with Crippen molar-refractivity contribution < 1.29 is 19.1 Å². The maximum Gasteiger partial charge on any atom is 0.331 e. The summed E-state index contributed by atoms with van der Waals surface area (Å²) < 4.78 is 9.31. The number of carbonyl (C=O) groups is 2. The van der Waals surface area contributed by atoms with Crippen LogP contribution in [0.25, 0.3) is 0 Å². The average molecular weight is 330 g/mol. The first-order valence-corrected chi connectivity index (χ1v) is 6.08. The van der Waals surface area contributed by atoms with E-state index in [-0.39, 0.29) is 13.2 Å². The summed E-state index contributed by atoms with van der Waals surface area (Å²) in [5.74, 6) is -1.11. The van der Waals surface area contributed by atoms with Crippen molar-refractivity contribution in [3.05, 3.63) is 12.2 Å². The molecule has 80 valence electrons. The molecule has 0 atom stereocenters. The smallest absolute Gasteiger partial charge is 0.331 e. The molecule has 0 unspecified atom stereocenters. The Bertz CT molecular complexity index is 193. The Balaban J connectivity index is 3.68. The van der Waals surface area contributed by atoms with Gasteiger partial charge in [0.25, 0.3) is 0 Å². The summed E-state index contributed by atoms with van der Waals surface area (Å²) in [5.41, 5.74) is 0. The van der Waals surface area contributed by atoms with Crippen molar-refractivity contribution in [2.45, 2.75) is 0 Å². The molecule has 0 aliphatic rings. The summed E-state index contributed by atoms with van der Waals surface area (Å²) in [6.07, 6.45) is 2.08. The van der Waals surface area contributed by atoms with Crippen molar-refractivity contribution in [2.75, 3.05) is 23.9 Å². The predicted molar refractivity (Wildman–Crippen MR) is 58.6 cm³/mol. The lowest BCUT2D eigenvalue weighted by atomic mass is 10.5. The first-order valence-electron chi connectivity index (χ1n) is 3.84. The molecule has 0 rings (SSSR count). The zero-order valence-corrected chi connectivity index (χ0v) is 10.5. The van der Waals surface area contributed by atoms with Crippen molar-refractivity contribution in [3.8, 4) is 0 Å². The van der Waals surface area contributed by atoms with Crippen LogP contribution < -0.4 is 0 Å². The first-order chi connectivity index (χ1) is 6.70. The molecule has 0 aromatic rings. The lowest BCUT2D eigenvalue weighted by Crippen LogP contribution is -2.06. The van der Waals surface area contributed by atoms with Crippen LogP contribution in [0.1, 0.15) is 0 Å². The van der Waals surface area contributed by atoms with Crippen molar-refractivity contribution in [2.24, 2.45) is 0 Å². The van der Waals surface area contributed by atoms with E-state index in [2.05, 4.69) is 41.3 Å². The molecular formula is C8H10Br2O4. The fourth-order valence-electron chi connectivity index (χ4n) is 0.511. The maximum absolute atomic E-state index is 10.8. The fourth-order valence-corrected chi connectivity index (χ4v) is 0.834. The second-order valence-electron chi connectivity index (χ2n) is 2.05. The minimum Gasteiger partial charge on any atom is -0.462 e. The Kier molecular flexibility index (Phi) is 8.97. The van der Waals surface area contributed by atoms with Crippen LogP contribution in [-0.4, -0.2) is 35.8 Å². The molecule has 0 fully saturated rings. The lowest BCUT2D eigenvalue weighted by Gasteiger charge is -1.97. The van der Waals surface area contributed by atoms with Gasteiger partial charge in [-0.05, 0) is 0 Å². The first kappa shape index (κ1) is 13.6. The van der Waals surface area contributed by atoms with Gasteiger partial charge in [-0.15, -0.1) is 0 Å². The molecule has 0 bridgehead atoms. The molecule has 14 heavy (non-hydrogen) atoms. The van der Waals surface area contributed by atoms with Gasteiger partial charge < -0.3 is 9.47 Å². The summed E-state index contributed by atoms with van der Waals surface area (Å²) in [4.78, 5) is 21.7. The summed E-state index contributed by atoms with van der Waals surface area (Å²) in [6.45, 7) is 0.555. The van der Waals surface area contributed by atoms with Gasteiger partial charge in [0.15, 0.2) is 0 Å². The topological polar surface area (TPSA) is 52.6 Å². The third kappa shape index (κ3) is 8.25. The Morgan fingerprint density at radius 1 is 0.929 bits per heavy atom. The predicted octanol–water partition coefficient (Wildman–Crippen LogP) is 1.42. The van der Waals surface area contributed by atoms with E-state index in [9.17, 15) is 9.59 Å². The monoisotopic (exact) mass is 328 g/mol. The maximum atomic E-state index is 10.8. The number of hydrogen-bond acceptors (Lipinski definition) is 4. The van der Waals surface area contributed by atoms with Gasteiger partial charge in [-0.3, -0.25) is 0 Å². The number of halogens is 2. The van der Waals surface area contributed by atoms with E-state index < -0.39 is 11.9 Å². The van der Waals surface area contributed by atoms with Crippen LogP contribution in [-0.2, 0) is 19.1 Å². The number of carbonyl (C=O) groups excluding carboxylic acids is 2. The van der Waals surface area contributed by atoms with Gasteiger partial charge in [-0.1, -0.05) is 31.9 Å². The van der Waals surface area contributed by atoms with Crippen LogP contribution in [0.4, 0.5) is 0 Å². The van der Waals surface area contributed by atoms with E-state index >= 15 is 0 Å².